The van der Waals surface area contributed by atoms with Crippen molar-refractivity contribution in [3.8, 4) is 0 Å². The third-order valence-corrected chi connectivity index (χ3v) is 2.08. The van der Waals surface area contributed by atoms with Crippen LogP contribution in [0.15, 0.2) is 0 Å². The van der Waals surface area contributed by atoms with Gasteiger partial charge in [0.1, 0.15) is 0 Å². The summed E-state index contributed by atoms with van der Waals surface area (Å²) in [7, 11) is 1.48. The monoisotopic (exact) mass is 164 g/mol. The summed E-state index contributed by atoms with van der Waals surface area (Å²) in [5.41, 5.74) is -0.733. The molecule has 0 radical (unpaired) electrons. The Bertz CT molecular complexity index is 244. The quantitative estimate of drug-likeness (QED) is 0.632. The fourth-order valence-corrected chi connectivity index (χ4v) is 1.38. The molecule has 0 spiro atoms. The van der Waals surface area contributed by atoms with Gasteiger partial charge in [-0.2, -0.15) is 0 Å². The average molecular weight is 164 g/mol. The SMILES string of the molecule is [2H]C([2H])([2H])N(CC1(OC)CCNC1)C([2H])([2H])[2H]. The number of nitrogens with one attached hydrogen (secondary N) is 1. The van der Waals surface area contributed by atoms with Gasteiger partial charge < -0.3 is 15.0 Å². The van der Waals surface area contributed by atoms with Gasteiger partial charge in [0.25, 0.3) is 0 Å². The van der Waals surface area contributed by atoms with Gasteiger partial charge >= 0.3 is 0 Å². The van der Waals surface area contributed by atoms with E-state index in [0.717, 1.165) is 0 Å². The molecule has 1 heterocycles. The van der Waals surface area contributed by atoms with Gasteiger partial charge in [-0.15, -0.1) is 0 Å². The standard InChI is InChI=1S/C8H18N2O/c1-10(2)7-8(11-3)4-5-9-6-8/h9H,4-7H2,1-3H3/i1D3,2D3. The molecule has 1 aliphatic rings. The predicted octanol–water partition coefficient (Wildman–Crippen LogP) is -0.0735. The Balaban J connectivity index is 2.86. The van der Waals surface area contributed by atoms with E-state index in [1.165, 1.54) is 7.11 Å². The van der Waals surface area contributed by atoms with Crippen LogP contribution in [0, 0.1) is 0 Å². The van der Waals surface area contributed by atoms with E-state index in [1.807, 2.05) is 0 Å². The molecule has 1 aliphatic heterocycles. The van der Waals surface area contributed by atoms with Crippen molar-refractivity contribution in [2.24, 2.45) is 0 Å². The molecule has 0 amide bonds. The highest BCUT2D eigenvalue weighted by molar-refractivity contribution is 4.91. The Morgan fingerprint density at radius 1 is 1.73 bits per heavy atom. The molecule has 66 valence electrons. The van der Waals surface area contributed by atoms with Crippen molar-refractivity contribution < 1.29 is 13.0 Å². The number of hydrogen-bond acceptors (Lipinski definition) is 3. The number of rotatable bonds is 3. The largest absolute Gasteiger partial charge is 0.376 e. The zero-order valence-electron chi connectivity index (χ0n) is 12.7. The zero-order valence-corrected chi connectivity index (χ0v) is 6.68. The van der Waals surface area contributed by atoms with Crippen molar-refractivity contribution in [1.29, 1.82) is 0 Å². The van der Waals surface area contributed by atoms with Crippen LogP contribution in [0.5, 0.6) is 0 Å². The second-order valence-electron chi connectivity index (χ2n) is 2.90. The van der Waals surface area contributed by atoms with Crippen LogP contribution in [0.25, 0.3) is 0 Å². The van der Waals surface area contributed by atoms with Crippen molar-refractivity contribution in [1.82, 2.24) is 10.2 Å². The van der Waals surface area contributed by atoms with E-state index < -0.39 is 19.6 Å². The van der Waals surface area contributed by atoms with Gasteiger partial charge in [-0.3, -0.25) is 0 Å². The lowest BCUT2D eigenvalue weighted by Crippen LogP contribution is -2.43. The number of nitrogens with zero attached hydrogens (tertiary/aromatic N) is 1. The van der Waals surface area contributed by atoms with Crippen LogP contribution in [-0.4, -0.2) is 51.2 Å². The molecule has 0 aromatic rings. The van der Waals surface area contributed by atoms with E-state index in [1.54, 1.807) is 0 Å². The Hall–Kier alpha value is -0.120. The summed E-state index contributed by atoms with van der Waals surface area (Å²) in [6.07, 6.45) is 0.603. The molecule has 0 saturated carbocycles. The molecular weight excluding hydrogens is 140 g/mol. The van der Waals surface area contributed by atoms with Crippen molar-refractivity contribution >= 4 is 0 Å². The van der Waals surface area contributed by atoms with Crippen molar-refractivity contribution in [2.75, 3.05) is 40.7 Å². The first-order valence-electron chi connectivity index (χ1n) is 6.64. The molecule has 1 N–H and O–H groups in total. The molecule has 0 aromatic heterocycles. The maximum absolute atomic E-state index is 7.29. The van der Waals surface area contributed by atoms with Gasteiger partial charge in [0.05, 0.1) is 5.60 Å². The normalized spacial score (nSPS) is 42.0. The summed E-state index contributed by atoms with van der Waals surface area (Å²) in [5, 5.41) is 3.05. The third kappa shape index (κ3) is 2.15. The minimum atomic E-state index is -2.65. The van der Waals surface area contributed by atoms with E-state index in [2.05, 4.69) is 5.32 Å². The van der Waals surface area contributed by atoms with Crippen LogP contribution < -0.4 is 5.32 Å². The topological polar surface area (TPSA) is 24.5 Å². The maximum atomic E-state index is 7.29. The first kappa shape index (κ1) is 3.73. The molecule has 1 fully saturated rings. The van der Waals surface area contributed by atoms with Gasteiger partial charge in [0.2, 0.25) is 0 Å². The average Bonchev–Trinajstić information content (AvgIpc) is 2.60. The zero-order chi connectivity index (χ0) is 13.3. The molecule has 3 nitrogen and oxygen atoms in total. The van der Waals surface area contributed by atoms with Gasteiger partial charge in [-0.1, -0.05) is 0 Å². The minimum absolute atomic E-state index is 0.135. The molecule has 0 bridgehead atoms. The summed E-state index contributed by atoms with van der Waals surface area (Å²) < 4.78 is 49.1. The summed E-state index contributed by atoms with van der Waals surface area (Å²) in [4.78, 5) is 0.552. The maximum Gasteiger partial charge on any atom is 0.0940 e. The second-order valence-corrected chi connectivity index (χ2v) is 2.90. The van der Waals surface area contributed by atoms with Crippen molar-refractivity contribution in [2.45, 2.75) is 12.0 Å². The molecule has 0 aliphatic carbocycles. The molecular formula is C8H18N2O. The van der Waals surface area contributed by atoms with Crippen LogP contribution in [0.4, 0.5) is 0 Å². The minimum Gasteiger partial charge on any atom is -0.376 e. The van der Waals surface area contributed by atoms with Gasteiger partial charge in [-0.25, -0.2) is 0 Å². The van der Waals surface area contributed by atoms with Crippen LogP contribution in [0.2, 0.25) is 0 Å². The smallest absolute Gasteiger partial charge is 0.0940 e. The fraction of sp³-hybridized carbons (Fsp3) is 1.00. The number of hydrogen-bond donors (Lipinski definition) is 1. The highest BCUT2D eigenvalue weighted by Gasteiger charge is 2.33. The first-order valence-corrected chi connectivity index (χ1v) is 3.64. The molecule has 1 atom stereocenters. The van der Waals surface area contributed by atoms with Gasteiger partial charge in [0.15, 0.2) is 0 Å². The third-order valence-electron chi connectivity index (χ3n) is 2.08. The van der Waals surface area contributed by atoms with E-state index in [-0.39, 0.29) is 6.54 Å². The van der Waals surface area contributed by atoms with Crippen molar-refractivity contribution in [3.05, 3.63) is 0 Å². The van der Waals surface area contributed by atoms with E-state index in [9.17, 15) is 0 Å². The summed E-state index contributed by atoms with van der Waals surface area (Å²) in [6.45, 7) is -4.28. The number of likely N-dealkylation sites (N-methyl/N-ethyl adjacent to an activating group) is 1. The van der Waals surface area contributed by atoms with E-state index in [0.29, 0.717) is 24.4 Å². The lowest BCUT2D eigenvalue weighted by Gasteiger charge is -2.29. The van der Waals surface area contributed by atoms with Gasteiger partial charge in [-0.05, 0) is 26.9 Å². The molecule has 1 unspecified atom stereocenters. The highest BCUT2D eigenvalue weighted by atomic mass is 16.5. The Morgan fingerprint density at radius 3 is 3.00 bits per heavy atom. The number of methoxy groups -OCH3 is 1. The van der Waals surface area contributed by atoms with Crippen LogP contribution in [-0.2, 0) is 4.74 Å². The van der Waals surface area contributed by atoms with Crippen molar-refractivity contribution in [3.63, 3.8) is 0 Å². The number of ether oxygens (including phenoxy) is 1. The molecule has 1 rings (SSSR count). The van der Waals surface area contributed by atoms with Gasteiger partial charge in [0, 0.05) is 28.4 Å². The van der Waals surface area contributed by atoms with E-state index >= 15 is 0 Å². The summed E-state index contributed by atoms with van der Waals surface area (Å²) in [6, 6.07) is 0. The van der Waals surface area contributed by atoms with E-state index in [4.69, 9.17) is 13.0 Å². The molecule has 0 aromatic carbocycles. The summed E-state index contributed by atoms with van der Waals surface area (Å²) >= 11 is 0. The Kier molecular flexibility index (Phi) is 1.19. The molecule has 1 saturated heterocycles. The molecule has 3 heteroatoms. The Morgan fingerprint density at radius 2 is 2.55 bits per heavy atom. The highest BCUT2D eigenvalue weighted by Crippen LogP contribution is 2.18. The Labute approximate surface area is 77.1 Å². The second kappa shape index (κ2) is 3.52. The lowest BCUT2D eigenvalue weighted by molar-refractivity contribution is -0.0114. The first-order chi connectivity index (χ1) is 7.61. The van der Waals surface area contributed by atoms with Crippen LogP contribution >= 0.6 is 0 Å². The van der Waals surface area contributed by atoms with Crippen LogP contribution in [0.1, 0.15) is 14.6 Å². The summed E-state index contributed by atoms with van der Waals surface area (Å²) in [5.74, 6) is 0. The fourth-order valence-electron chi connectivity index (χ4n) is 1.38. The molecule has 11 heavy (non-hydrogen) atoms. The van der Waals surface area contributed by atoms with Crippen LogP contribution in [0.3, 0.4) is 0 Å². The lowest BCUT2D eigenvalue weighted by atomic mass is 10.0. The predicted molar refractivity (Wildman–Crippen MR) is 45.8 cm³/mol.